The molecular weight excluding hydrogens is 422 g/mol. The van der Waals surface area contributed by atoms with E-state index in [0.717, 1.165) is 29.1 Å². The summed E-state index contributed by atoms with van der Waals surface area (Å²) in [5, 5.41) is 1.71. The van der Waals surface area contributed by atoms with Crippen molar-refractivity contribution < 1.29 is 13.2 Å². The molecule has 0 fully saturated rings. The molecule has 0 aliphatic heterocycles. The molecule has 10 heteroatoms. The molecule has 0 aliphatic carbocycles. The normalized spacial score (nSPS) is 12.0. The maximum absolute atomic E-state index is 12.0. The number of rotatable bonds is 7. The number of aromatic nitrogens is 4. The number of nitrogens with zero attached hydrogens (tertiary/aromatic N) is 5. The number of hydrogen-bond donors (Lipinski definition) is 0. The zero-order valence-corrected chi connectivity index (χ0v) is 18.4. The van der Waals surface area contributed by atoms with Crippen LogP contribution in [0.15, 0.2) is 53.3 Å². The second-order valence-electron chi connectivity index (χ2n) is 7.04. The molecule has 3 aromatic heterocycles. The molecule has 4 aromatic rings. The van der Waals surface area contributed by atoms with E-state index >= 15 is 0 Å². The SMILES string of the molecule is CN(C)CCOc1cccc(-c2nc3sccn3c2-c2ccnc(S(C)(=O)=O)n2)c1. The second kappa shape index (κ2) is 8.13. The van der Waals surface area contributed by atoms with Gasteiger partial charge in [-0.25, -0.2) is 23.4 Å². The van der Waals surface area contributed by atoms with Crippen molar-refractivity contribution in [3.05, 3.63) is 48.1 Å². The van der Waals surface area contributed by atoms with E-state index in [9.17, 15) is 8.42 Å². The highest BCUT2D eigenvalue weighted by Gasteiger charge is 2.20. The third-order valence-electron chi connectivity index (χ3n) is 4.38. The van der Waals surface area contributed by atoms with Crippen LogP contribution in [0.1, 0.15) is 0 Å². The smallest absolute Gasteiger partial charge is 0.247 e. The molecule has 0 N–H and O–H groups in total. The van der Waals surface area contributed by atoms with Crippen molar-refractivity contribution in [3.63, 3.8) is 0 Å². The first kappa shape index (κ1) is 20.5. The Morgan fingerprint density at radius 2 is 2.03 bits per heavy atom. The van der Waals surface area contributed by atoms with Crippen molar-refractivity contribution in [2.75, 3.05) is 33.5 Å². The number of ether oxygens (including phenoxy) is 1. The molecule has 0 aliphatic rings. The maximum Gasteiger partial charge on any atom is 0.247 e. The van der Waals surface area contributed by atoms with Crippen LogP contribution in [-0.4, -0.2) is 66.2 Å². The minimum atomic E-state index is -3.53. The van der Waals surface area contributed by atoms with Gasteiger partial charge in [0.05, 0.1) is 11.4 Å². The van der Waals surface area contributed by atoms with Gasteiger partial charge in [-0.1, -0.05) is 12.1 Å². The first-order valence-corrected chi connectivity index (χ1v) is 12.0. The number of fused-ring (bicyclic) bond motifs is 1. The van der Waals surface area contributed by atoms with Crippen LogP contribution >= 0.6 is 11.3 Å². The molecule has 0 bridgehead atoms. The van der Waals surface area contributed by atoms with Gasteiger partial charge in [0, 0.05) is 36.1 Å². The Morgan fingerprint density at radius 3 is 2.80 bits per heavy atom. The van der Waals surface area contributed by atoms with Crippen LogP contribution in [0, 0.1) is 0 Å². The third-order valence-corrected chi connectivity index (χ3v) is 6.00. The van der Waals surface area contributed by atoms with Crippen LogP contribution < -0.4 is 4.74 Å². The quantitative estimate of drug-likeness (QED) is 0.406. The van der Waals surface area contributed by atoms with Crippen molar-refractivity contribution in [3.8, 4) is 28.4 Å². The summed E-state index contributed by atoms with van der Waals surface area (Å²) in [6.45, 7) is 1.39. The van der Waals surface area contributed by atoms with Gasteiger partial charge >= 0.3 is 0 Å². The molecule has 0 spiro atoms. The van der Waals surface area contributed by atoms with E-state index in [-0.39, 0.29) is 5.16 Å². The molecule has 0 atom stereocenters. The fourth-order valence-electron chi connectivity index (χ4n) is 2.96. The number of thiazole rings is 1. The summed E-state index contributed by atoms with van der Waals surface area (Å²) in [6.07, 6.45) is 4.44. The predicted molar refractivity (Wildman–Crippen MR) is 117 cm³/mol. The third kappa shape index (κ3) is 4.20. The summed E-state index contributed by atoms with van der Waals surface area (Å²) in [6, 6.07) is 9.40. The van der Waals surface area contributed by atoms with Crippen molar-refractivity contribution in [2.24, 2.45) is 0 Å². The fourth-order valence-corrected chi connectivity index (χ4v) is 4.19. The first-order valence-electron chi connectivity index (χ1n) is 9.20. The lowest BCUT2D eigenvalue weighted by molar-refractivity contribution is 0.261. The van der Waals surface area contributed by atoms with Gasteiger partial charge in [-0.15, -0.1) is 11.3 Å². The number of benzene rings is 1. The van der Waals surface area contributed by atoms with Gasteiger partial charge in [0.25, 0.3) is 0 Å². The summed E-state index contributed by atoms with van der Waals surface area (Å²) < 4.78 is 31.7. The van der Waals surface area contributed by atoms with Crippen LogP contribution in [0.3, 0.4) is 0 Å². The van der Waals surface area contributed by atoms with Gasteiger partial charge in [-0.3, -0.25) is 4.40 Å². The topological polar surface area (TPSA) is 89.7 Å². The Kier molecular flexibility index (Phi) is 5.54. The molecular formula is C20H21N5O3S2. The largest absolute Gasteiger partial charge is 0.492 e. The molecule has 0 amide bonds. The van der Waals surface area contributed by atoms with Gasteiger partial charge in [0.1, 0.15) is 18.1 Å². The van der Waals surface area contributed by atoms with E-state index in [4.69, 9.17) is 9.72 Å². The molecule has 0 saturated heterocycles. The Balaban J connectivity index is 1.80. The average Bonchev–Trinajstić information content (AvgIpc) is 3.28. The first-order chi connectivity index (χ1) is 14.3. The molecule has 3 heterocycles. The van der Waals surface area contributed by atoms with Gasteiger partial charge in [0.15, 0.2) is 4.96 Å². The van der Waals surface area contributed by atoms with E-state index in [1.54, 1.807) is 6.07 Å². The highest BCUT2D eigenvalue weighted by molar-refractivity contribution is 7.90. The van der Waals surface area contributed by atoms with Crippen LogP contribution in [0.25, 0.3) is 27.6 Å². The highest BCUT2D eigenvalue weighted by atomic mass is 32.2. The molecule has 0 radical (unpaired) electrons. The van der Waals surface area contributed by atoms with E-state index in [1.165, 1.54) is 17.5 Å². The monoisotopic (exact) mass is 443 g/mol. The second-order valence-corrected chi connectivity index (χ2v) is 9.82. The number of imidazole rings is 1. The molecule has 1 aromatic carbocycles. The summed E-state index contributed by atoms with van der Waals surface area (Å²) in [5.41, 5.74) is 2.77. The van der Waals surface area contributed by atoms with Gasteiger partial charge in [-0.05, 0) is 32.3 Å². The molecule has 156 valence electrons. The van der Waals surface area contributed by atoms with E-state index in [2.05, 4.69) is 14.9 Å². The molecule has 8 nitrogen and oxygen atoms in total. The average molecular weight is 444 g/mol. The summed E-state index contributed by atoms with van der Waals surface area (Å²) in [4.78, 5) is 15.8. The van der Waals surface area contributed by atoms with Crippen LogP contribution in [0.4, 0.5) is 0 Å². The van der Waals surface area contributed by atoms with Crippen LogP contribution in [0.5, 0.6) is 5.75 Å². The lowest BCUT2D eigenvalue weighted by atomic mass is 10.1. The van der Waals surface area contributed by atoms with E-state index in [0.29, 0.717) is 23.7 Å². The van der Waals surface area contributed by atoms with Crippen molar-refractivity contribution >= 4 is 26.1 Å². The highest BCUT2D eigenvalue weighted by Crippen LogP contribution is 2.34. The minimum absolute atomic E-state index is 0.211. The lowest BCUT2D eigenvalue weighted by Gasteiger charge is -2.12. The fraction of sp³-hybridized carbons (Fsp3) is 0.250. The predicted octanol–water partition coefficient (Wildman–Crippen LogP) is 2.86. The zero-order chi connectivity index (χ0) is 21.3. The summed E-state index contributed by atoms with van der Waals surface area (Å²) in [5.74, 6) is 0.746. The number of sulfone groups is 1. The van der Waals surface area contributed by atoms with E-state index in [1.807, 2.05) is 54.3 Å². The van der Waals surface area contributed by atoms with Gasteiger partial charge in [0.2, 0.25) is 15.0 Å². The minimum Gasteiger partial charge on any atom is -0.492 e. The Hall–Kier alpha value is -2.82. The van der Waals surface area contributed by atoms with Crippen LogP contribution in [0.2, 0.25) is 0 Å². The standard InChI is InChI=1S/C20H21N5O3S2/c1-24(2)9-11-28-15-6-4-5-14(13-15)17-18(25-10-12-29-20(25)23-17)16-7-8-21-19(22-16)30(3,26)27/h4-8,10,12-13H,9,11H2,1-3H3. The van der Waals surface area contributed by atoms with Crippen LogP contribution in [-0.2, 0) is 9.84 Å². The maximum atomic E-state index is 12.0. The van der Waals surface area contributed by atoms with Crippen molar-refractivity contribution in [1.29, 1.82) is 0 Å². The Bertz CT molecular complexity index is 1290. The molecule has 0 saturated carbocycles. The zero-order valence-electron chi connectivity index (χ0n) is 16.8. The van der Waals surface area contributed by atoms with E-state index < -0.39 is 9.84 Å². The van der Waals surface area contributed by atoms with Crippen molar-refractivity contribution in [2.45, 2.75) is 5.16 Å². The molecule has 0 unspecified atom stereocenters. The molecule has 30 heavy (non-hydrogen) atoms. The Morgan fingerprint density at radius 1 is 1.20 bits per heavy atom. The molecule has 4 rings (SSSR count). The van der Waals surface area contributed by atoms with Gasteiger partial charge in [-0.2, -0.15) is 0 Å². The number of hydrogen-bond acceptors (Lipinski definition) is 8. The summed E-state index contributed by atoms with van der Waals surface area (Å²) in [7, 11) is 0.462. The Labute approximate surface area is 178 Å². The number of likely N-dealkylation sites (N-methyl/N-ethyl adjacent to an activating group) is 1. The van der Waals surface area contributed by atoms with Gasteiger partial charge < -0.3 is 9.64 Å². The summed E-state index contributed by atoms with van der Waals surface area (Å²) >= 11 is 1.50. The van der Waals surface area contributed by atoms with Crippen molar-refractivity contribution in [1.82, 2.24) is 24.3 Å². The lowest BCUT2D eigenvalue weighted by Crippen LogP contribution is -2.19.